The van der Waals surface area contributed by atoms with Crippen molar-refractivity contribution in [3.05, 3.63) is 91.0 Å². The molecule has 2 aromatic heterocycles. The number of hydrogen-bond acceptors (Lipinski definition) is 15. The molecule has 0 bridgehead atoms. The van der Waals surface area contributed by atoms with Gasteiger partial charge in [0, 0.05) is 32.2 Å². The van der Waals surface area contributed by atoms with Gasteiger partial charge in [-0.3, -0.25) is 4.79 Å². The Kier molecular flexibility index (Phi) is 18.1. The molecule has 0 atom stereocenters. The van der Waals surface area contributed by atoms with Crippen molar-refractivity contribution in [2.45, 2.75) is 65.1 Å². The number of aromatic nitrogens is 6. The van der Waals surface area contributed by atoms with Crippen LogP contribution in [0.15, 0.2) is 48.5 Å². The Morgan fingerprint density at radius 3 is 2.15 bits per heavy atom. The molecule has 2 aromatic carbocycles. The third-order valence-electron chi connectivity index (χ3n) is 7.33. The van der Waals surface area contributed by atoms with Crippen LogP contribution in [0.5, 0.6) is 0 Å². The average molecular weight is 761 g/mol. The molecule has 4 rings (SSSR count). The first-order valence-corrected chi connectivity index (χ1v) is 17.0. The highest BCUT2D eigenvalue weighted by Crippen LogP contribution is 2.30. The Morgan fingerprint density at radius 2 is 1.53 bits per heavy atom. The molecule has 0 fully saturated rings. The van der Waals surface area contributed by atoms with Gasteiger partial charge >= 0.3 is 6.16 Å². The van der Waals surface area contributed by atoms with E-state index in [0.29, 0.717) is 43.9 Å². The fourth-order valence-corrected chi connectivity index (χ4v) is 4.99. The summed E-state index contributed by atoms with van der Waals surface area (Å²) in [6, 6.07) is 15.5. The summed E-state index contributed by atoms with van der Waals surface area (Å²) < 4.78 is 16.5. The number of carbonyl (C=O) groups excluding carboxylic acids is 2. The lowest BCUT2D eigenvalue weighted by Gasteiger charge is -2.11. The molecule has 0 saturated heterocycles. The van der Waals surface area contributed by atoms with Crippen LogP contribution in [-0.4, -0.2) is 85.9 Å². The molecule has 20 heteroatoms. The van der Waals surface area contributed by atoms with Crippen LogP contribution in [0.3, 0.4) is 0 Å². The Morgan fingerprint density at radius 1 is 0.887 bits per heavy atom. The van der Waals surface area contributed by atoms with Gasteiger partial charge in [0.05, 0.1) is 19.8 Å². The van der Waals surface area contributed by atoms with Gasteiger partial charge in [0.1, 0.15) is 11.5 Å². The SMILES string of the molecule is CCCCc1nc(Cl)c(C=O)n1Cc1ccc(-c2ccccc2-c2nnn(COC(=O)OCCCCO[N+](=O)[O-])n2)cc1.COCCCCO[N+](=O)[O-]. The normalized spacial score (nSPS) is 10.5. The fraction of sp³-hybridized carbons (Fsp3) is 0.455. The molecule has 0 N–H and O–H groups in total. The molecule has 0 spiro atoms. The second-order valence-electron chi connectivity index (χ2n) is 11.1. The van der Waals surface area contributed by atoms with Crippen LogP contribution in [0.1, 0.15) is 67.3 Å². The number of tetrazole rings is 1. The summed E-state index contributed by atoms with van der Waals surface area (Å²) in [5.74, 6) is 1.13. The number of ether oxygens (including phenoxy) is 3. The fourth-order valence-electron chi connectivity index (χ4n) is 4.74. The third-order valence-corrected chi connectivity index (χ3v) is 7.60. The molecule has 19 nitrogen and oxygen atoms in total. The highest BCUT2D eigenvalue weighted by Gasteiger charge is 2.17. The summed E-state index contributed by atoms with van der Waals surface area (Å²) in [6.45, 7) is 2.98. The average Bonchev–Trinajstić information content (AvgIpc) is 3.75. The molecule has 0 aliphatic heterocycles. The van der Waals surface area contributed by atoms with Crippen molar-refractivity contribution in [3.63, 3.8) is 0 Å². The Balaban J connectivity index is 0.000000661. The third kappa shape index (κ3) is 14.5. The number of aldehydes is 1. The molecule has 286 valence electrons. The van der Waals surface area contributed by atoms with Crippen LogP contribution in [0, 0.1) is 20.2 Å². The van der Waals surface area contributed by atoms with Crippen LogP contribution in [0.25, 0.3) is 22.5 Å². The van der Waals surface area contributed by atoms with Crippen molar-refractivity contribution in [1.82, 2.24) is 29.8 Å². The van der Waals surface area contributed by atoms with E-state index in [-0.39, 0.29) is 31.7 Å². The number of unbranched alkanes of at least 4 members (excludes halogenated alkanes) is 3. The maximum Gasteiger partial charge on any atom is 0.510 e. The number of imidazole rings is 1. The number of methoxy groups -OCH3 is 1. The van der Waals surface area contributed by atoms with Crippen LogP contribution < -0.4 is 0 Å². The minimum atomic E-state index is -0.926. The maximum atomic E-state index is 11.8. The molecule has 0 radical (unpaired) electrons. The lowest BCUT2D eigenvalue weighted by Crippen LogP contribution is -2.14. The van der Waals surface area contributed by atoms with Crippen molar-refractivity contribution >= 4 is 24.0 Å². The van der Waals surface area contributed by atoms with Crippen LogP contribution in [-0.2, 0) is 43.6 Å². The first-order chi connectivity index (χ1) is 25.7. The Bertz CT molecular complexity index is 1750. The minimum absolute atomic E-state index is 0.0243. The van der Waals surface area contributed by atoms with Gasteiger partial charge < -0.3 is 28.5 Å². The van der Waals surface area contributed by atoms with E-state index in [1.165, 1.54) is 0 Å². The first-order valence-electron chi connectivity index (χ1n) is 16.7. The zero-order valence-electron chi connectivity index (χ0n) is 29.3. The van der Waals surface area contributed by atoms with Gasteiger partial charge in [-0.2, -0.15) is 0 Å². The minimum Gasteiger partial charge on any atom is -0.434 e. The van der Waals surface area contributed by atoms with Gasteiger partial charge in [0.25, 0.3) is 10.2 Å². The Labute approximate surface area is 309 Å². The van der Waals surface area contributed by atoms with Gasteiger partial charge in [-0.15, -0.1) is 35.2 Å². The van der Waals surface area contributed by atoms with Crippen molar-refractivity contribution < 1.29 is 43.6 Å². The largest absolute Gasteiger partial charge is 0.510 e. The molecule has 53 heavy (non-hydrogen) atoms. The van der Waals surface area contributed by atoms with Crippen molar-refractivity contribution in [2.75, 3.05) is 33.5 Å². The predicted molar refractivity (Wildman–Crippen MR) is 188 cm³/mol. The molecular formula is C33H41ClN8O11. The van der Waals surface area contributed by atoms with Crippen molar-refractivity contribution in [2.24, 2.45) is 0 Å². The van der Waals surface area contributed by atoms with E-state index in [2.05, 4.69) is 37.0 Å². The second kappa shape index (κ2) is 23.0. The van der Waals surface area contributed by atoms with Gasteiger partial charge in [-0.05, 0) is 54.0 Å². The number of halogens is 1. The molecular weight excluding hydrogens is 720 g/mol. The standard InChI is InChI=1S/C28H30ClN7O7.C5H11NO4/c1-2-3-10-25-30-26(29)24(18-37)34(25)17-20-11-13-21(14-12-20)22-8-4-5-9-23(22)27-31-33-35(32-27)19-42-28(38)41-15-6-7-16-43-36(39)40;1-9-4-2-3-5-10-6(7)8/h4-5,8-9,11-14,18H,2-3,6-7,10,15-17,19H2,1H3;2-5H2,1H3. The summed E-state index contributed by atoms with van der Waals surface area (Å²) >= 11 is 6.22. The number of rotatable bonds is 22. The molecule has 0 aliphatic carbocycles. The number of carbonyl (C=O) groups is 2. The highest BCUT2D eigenvalue weighted by atomic mass is 35.5. The van der Waals surface area contributed by atoms with E-state index in [0.717, 1.165) is 64.8 Å². The summed E-state index contributed by atoms with van der Waals surface area (Å²) in [6.07, 6.45) is 4.69. The molecule has 4 aromatic rings. The summed E-state index contributed by atoms with van der Waals surface area (Å²) in [5.41, 5.74) is 3.87. The van der Waals surface area contributed by atoms with Crippen molar-refractivity contribution in [1.29, 1.82) is 0 Å². The first kappa shape index (κ1) is 41.7. The van der Waals surface area contributed by atoms with Gasteiger partial charge in [0.2, 0.25) is 12.6 Å². The summed E-state index contributed by atoms with van der Waals surface area (Å²) in [7, 11) is 1.59. The predicted octanol–water partition coefficient (Wildman–Crippen LogP) is 5.78. The topological polar surface area (TPSA) is 228 Å². The van der Waals surface area contributed by atoms with E-state index in [1.807, 2.05) is 53.1 Å². The number of nitrogens with zero attached hydrogens (tertiary/aromatic N) is 8. The number of benzene rings is 2. The van der Waals surface area contributed by atoms with Gasteiger partial charge in [0.15, 0.2) is 11.4 Å². The van der Waals surface area contributed by atoms with Gasteiger partial charge in [-0.25, -0.2) is 9.78 Å². The number of hydrogen-bond donors (Lipinski definition) is 0. The second-order valence-corrected chi connectivity index (χ2v) is 11.5. The van der Waals surface area contributed by atoms with Gasteiger partial charge in [-0.1, -0.05) is 73.5 Å². The summed E-state index contributed by atoms with van der Waals surface area (Å²) in [5, 5.41) is 30.7. The van der Waals surface area contributed by atoms with Crippen LogP contribution >= 0.6 is 11.6 Å². The van der Waals surface area contributed by atoms with Crippen LogP contribution in [0.4, 0.5) is 4.79 Å². The zero-order valence-corrected chi connectivity index (χ0v) is 30.1. The zero-order chi connectivity index (χ0) is 38.4. The monoisotopic (exact) mass is 760 g/mol. The maximum absolute atomic E-state index is 11.8. The molecule has 0 amide bonds. The van der Waals surface area contributed by atoms with Crippen LogP contribution in [0.2, 0.25) is 5.15 Å². The lowest BCUT2D eigenvalue weighted by atomic mass is 9.98. The molecule has 0 aliphatic rings. The van der Waals surface area contributed by atoms with E-state index in [4.69, 9.17) is 25.8 Å². The van der Waals surface area contributed by atoms with E-state index in [9.17, 15) is 29.8 Å². The molecule has 0 unspecified atom stereocenters. The molecule has 0 saturated carbocycles. The van der Waals surface area contributed by atoms with E-state index >= 15 is 0 Å². The quantitative estimate of drug-likeness (QED) is 0.0304. The van der Waals surface area contributed by atoms with Crippen molar-refractivity contribution in [3.8, 4) is 22.5 Å². The smallest absolute Gasteiger partial charge is 0.434 e. The summed E-state index contributed by atoms with van der Waals surface area (Å²) in [4.78, 5) is 57.0. The highest BCUT2D eigenvalue weighted by molar-refractivity contribution is 6.31. The Hall–Kier alpha value is -5.69. The number of aryl methyl sites for hydroxylation is 1. The van der Waals surface area contributed by atoms with E-state index in [1.54, 1.807) is 7.11 Å². The lowest BCUT2D eigenvalue weighted by molar-refractivity contribution is -0.757. The van der Waals surface area contributed by atoms with E-state index < -0.39 is 16.3 Å². The molecule has 2 heterocycles.